The predicted octanol–water partition coefficient (Wildman–Crippen LogP) is 4.14. The molecule has 0 aliphatic heterocycles. The minimum Gasteiger partial charge on any atom is -0.352 e. The van der Waals surface area contributed by atoms with E-state index >= 15 is 0 Å². The molecule has 0 fully saturated rings. The summed E-state index contributed by atoms with van der Waals surface area (Å²) < 4.78 is 28.6. The Kier molecular flexibility index (Phi) is 8.13. The van der Waals surface area contributed by atoms with Gasteiger partial charge in [-0.25, -0.2) is 8.42 Å². The second kappa shape index (κ2) is 11.0. The van der Waals surface area contributed by atoms with Gasteiger partial charge in [-0.05, 0) is 48.6 Å². The van der Waals surface area contributed by atoms with E-state index < -0.39 is 10.0 Å². The number of anilines is 2. The number of hydrogen-bond donors (Lipinski definition) is 3. The molecule has 7 nitrogen and oxygen atoms in total. The zero-order valence-corrected chi connectivity index (χ0v) is 19.9. The molecule has 0 saturated heterocycles. The minimum absolute atomic E-state index is 0.0247. The summed E-state index contributed by atoms with van der Waals surface area (Å²) in [5.41, 5.74) is 1.89. The SMILES string of the molecule is CSc1ccc(S(=O)(=O)Nc2ccccc2C(=O)NCCc2ccccc2)cc1NC(C)=O. The molecule has 0 aliphatic rings. The number of para-hydroxylation sites is 1. The molecule has 0 spiro atoms. The second-order valence-electron chi connectivity index (χ2n) is 7.19. The first-order valence-corrected chi connectivity index (χ1v) is 12.9. The summed E-state index contributed by atoms with van der Waals surface area (Å²) in [5.74, 6) is -0.675. The van der Waals surface area contributed by atoms with E-state index in [1.54, 1.807) is 24.3 Å². The molecular weight excluding hydrogens is 458 g/mol. The molecule has 3 aromatic carbocycles. The Morgan fingerprint density at radius 3 is 2.30 bits per heavy atom. The van der Waals surface area contributed by atoms with Gasteiger partial charge in [-0.2, -0.15) is 0 Å². The van der Waals surface area contributed by atoms with Crippen LogP contribution in [0.15, 0.2) is 82.6 Å². The highest BCUT2D eigenvalue weighted by atomic mass is 32.2. The van der Waals surface area contributed by atoms with Crippen molar-refractivity contribution in [3.8, 4) is 0 Å². The van der Waals surface area contributed by atoms with Crippen LogP contribution in [0, 0.1) is 0 Å². The van der Waals surface area contributed by atoms with Crippen LogP contribution in [0.5, 0.6) is 0 Å². The summed E-state index contributed by atoms with van der Waals surface area (Å²) in [5, 5.41) is 5.49. The molecule has 2 amide bonds. The van der Waals surface area contributed by atoms with Crippen molar-refractivity contribution in [2.24, 2.45) is 0 Å². The number of hydrogen-bond acceptors (Lipinski definition) is 5. The van der Waals surface area contributed by atoms with E-state index in [1.807, 2.05) is 36.6 Å². The predicted molar refractivity (Wildman–Crippen MR) is 132 cm³/mol. The van der Waals surface area contributed by atoms with Gasteiger partial charge in [-0.15, -0.1) is 11.8 Å². The van der Waals surface area contributed by atoms with E-state index in [-0.39, 0.29) is 28.0 Å². The van der Waals surface area contributed by atoms with Gasteiger partial charge in [0.05, 0.1) is 21.8 Å². The lowest BCUT2D eigenvalue weighted by molar-refractivity contribution is -0.114. The molecular formula is C24H25N3O4S2. The van der Waals surface area contributed by atoms with Crippen molar-refractivity contribution >= 4 is 45.0 Å². The Morgan fingerprint density at radius 2 is 1.61 bits per heavy atom. The van der Waals surface area contributed by atoms with Crippen LogP contribution in [0.3, 0.4) is 0 Å². The Hall–Kier alpha value is -3.30. The summed E-state index contributed by atoms with van der Waals surface area (Å²) in [6, 6.07) is 20.7. The van der Waals surface area contributed by atoms with Crippen LogP contribution in [0.1, 0.15) is 22.8 Å². The molecule has 172 valence electrons. The molecule has 0 saturated carbocycles. The minimum atomic E-state index is -4.01. The fourth-order valence-electron chi connectivity index (χ4n) is 3.18. The molecule has 0 heterocycles. The summed E-state index contributed by atoms with van der Waals surface area (Å²) >= 11 is 1.39. The molecule has 0 atom stereocenters. The fourth-order valence-corrected chi connectivity index (χ4v) is 4.82. The summed E-state index contributed by atoms with van der Waals surface area (Å²) in [6.45, 7) is 1.77. The van der Waals surface area contributed by atoms with Crippen LogP contribution in [-0.2, 0) is 21.2 Å². The average Bonchev–Trinajstić information content (AvgIpc) is 2.79. The van der Waals surface area contributed by atoms with Gasteiger partial charge in [-0.1, -0.05) is 42.5 Å². The Bertz CT molecular complexity index is 1250. The number of benzene rings is 3. The molecule has 0 radical (unpaired) electrons. The van der Waals surface area contributed by atoms with Crippen LogP contribution in [0.4, 0.5) is 11.4 Å². The van der Waals surface area contributed by atoms with Gasteiger partial charge in [0.2, 0.25) is 5.91 Å². The van der Waals surface area contributed by atoms with Gasteiger partial charge in [-0.3, -0.25) is 14.3 Å². The summed E-state index contributed by atoms with van der Waals surface area (Å²) in [6.07, 6.45) is 2.49. The lowest BCUT2D eigenvalue weighted by Crippen LogP contribution is -2.27. The quantitative estimate of drug-likeness (QED) is 0.397. The molecule has 3 rings (SSSR count). The molecule has 3 N–H and O–H groups in total. The largest absolute Gasteiger partial charge is 0.352 e. The average molecular weight is 484 g/mol. The number of sulfonamides is 1. The Morgan fingerprint density at radius 1 is 0.909 bits per heavy atom. The smallest absolute Gasteiger partial charge is 0.261 e. The van der Waals surface area contributed by atoms with Crippen molar-refractivity contribution in [3.05, 3.63) is 83.9 Å². The third-order valence-corrected chi connectivity index (χ3v) is 6.91. The van der Waals surface area contributed by atoms with E-state index in [0.717, 1.165) is 10.5 Å². The molecule has 0 unspecified atom stereocenters. The Balaban J connectivity index is 1.78. The van der Waals surface area contributed by atoms with Gasteiger partial charge in [0.15, 0.2) is 0 Å². The maximum absolute atomic E-state index is 13.1. The van der Waals surface area contributed by atoms with Gasteiger partial charge in [0, 0.05) is 18.4 Å². The zero-order chi connectivity index (χ0) is 23.8. The first-order chi connectivity index (χ1) is 15.8. The van der Waals surface area contributed by atoms with Crippen molar-refractivity contribution in [2.45, 2.75) is 23.1 Å². The maximum Gasteiger partial charge on any atom is 0.261 e. The summed E-state index contributed by atoms with van der Waals surface area (Å²) in [7, 11) is -4.01. The van der Waals surface area contributed by atoms with Crippen molar-refractivity contribution < 1.29 is 18.0 Å². The third kappa shape index (κ3) is 6.59. The van der Waals surface area contributed by atoms with Gasteiger partial charge in [0.25, 0.3) is 15.9 Å². The summed E-state index contributed by atoms with van der Waals surface area (Å²) in [4.78, 5) is 25.0. The molecule has 0 aliphatic carbocycles. The normalized spacial score (nSPS) is 11.0. The van der Waals surface area contributed by atoms with Crippen LogP contribution in [0.25, 0.3) is 0 Å². The fraction of sp³-hybridized carbons (Fsp3) is 0.167. The van der Waals surface area contributed by atoms with Crippen LogP contribution < -0.4 is 15.4 Å². The number of amides is 2. The van der Waals surface area contributed by atoms with E-state index in [4.69, 9.17) is 0 Å². The van der Waals surface area contributed by atoms with Crippen LogP contribution in [0.2, 0.25) is 0 Å². The van der Waals surface area contributed by atoms with Crippen LogP contribution in [-0.4, -0.2) is 33.0 Å². The molecule has 0 bridgehead atoms. The van der Waals surface area contributed by atoms with Crippen molar-refractivity contribution in [1.82, 2.24) is 5.32 Å². The maximum atomic E-state index is 13.1. The lowest BCUT2D eigenvalue weighted by Gasteiger charge is -2.14. The van der Waals surface area contributed by atoms with E-state index in [1.165, 1.54) is 36.9 Å². The lowest BCUT2D eigenvalue weighted by atomic mass is 10.1. The van der Waals surface area contributed by atoms with E-state index in [9.17, 15) is 18.0 Å². The molecule has 33 heavy (non-hydrogen) atoms. The highest BCUT2D eigenvalue weighted by Crippen LogP contribution is 2.29. The number of carbonyl (C=O) groups excluding carboxylic acids is 2. The number of thioether (sulfide) groups is 1. The highest BCUT2D eigenvalue weighted by molar-refractivity contribution is 7.98. The van der Waals surface area contributed by atoms with Crippen molar-refractivity contribution in [3.63, 3.8) is 0 Å². The van der Waals surface area contributed by atoms with Crippen molar-refractivity contribution in [2.75, 3.05) is 22.8 Å². The third-order valence-electron chi connectivity index (χ3n) is 4.75. The first-order valence-electron chi connectivity index (χ1n) is 10.2. The van der Waals surface area contributed by atoms with E-state index in [2.05, 4.69) is 15.4 Å². The standard InChI is InChI=1S/C24H25N3O4S2/c1-17(28)26-22-16-19(12-13-23(22)32-2)33(30,31)27-21-11-7-6-10-20(21)24(29)25-15-14-18-8-4-3-5-9-18/h3-13,16,27H,14-15H2,1-2H3,(H,25,29)(H,26,28). The van der Waals surface area contributed by atoms with Crippen LogP contribution >= 0.6 is 11.8 Å². The van der Waals surface area contributed by atoms with Gasteiger partial charge >= 0.3 is 0 Å². The van der Waals surface area contributed by atoms with Crippen molar-refractivity contribution in [1.29, 1.82) is 0 Å². The monoisotopic (exact) mass is 483 g/mol. The number of rotatable bonds is 9. The first kappa shape index (κ1) is 24.3. The molecule has 3 aromatic rings. The molecule has 9 heteroatoms. The highest BCUT2D eigenvalue weighted by Gasteiger charge is 2.20. The van der Waals surface area contributed by atoms with E-state index in [0.29, 0.717) is 18.7 Å². The number of nitrogens with one attached hydrogen (secondary N) is 3. The Labute approximate surface area is 198 Å². The van der Waals surface area contributed by atoms with Gasteiger partial charge in [0.1, 0.15) is 0 Å². The molecule has 0 aromatic heterocycles. The van der Waals surface area contributed by atoms with Gasteiger partial charge < -0.3 is 10.6 Å². The number of carbonyl (C=O) groups is 2. The zero-order valence-electron chi connectivity index (χ0n) is 18.3. The second-order valence-corrected chi connectivity index (χ2v) is 9.72. The topological polar surface area (TPSA) is 104 Å².